The fourth-order valence-corrected chi connectivity index (χ4v) is 9.19. The summed E-state index contributed by atoms with van der Waals surface area (Å²) in [6, 6.07) is 81.0. The van der Waals surface area contributed by atoms with Gasteiger partial charge in [0.1, 0.15) is 11.2 Å². The van der Waals surface area contributed by atoms with Crippen LogP contribution in [0.2, 0.25) is 0 Å². The standard InChI is InChI=1S/C55H37NO/c1-4-14-38(15-5-1)40-24-30-44(31-25-40)56(45-32-26-41(27-33-45)39-16-6-2-7-17-39)46-34-28-43(29-35-46)55(42-18-8-3-9-19-42)50-22-12-10-21-49(50)53-51(55)37-36-48-47-20-11-13-23-52(47)57-54(48)53/h1-37H. The number of benzene rings is 9. The maximum Gasteiger partial charge on any atom is 0.143 e. The molecular formula is C55H37NO. The van der Waals surface area contributed by atoms with Gasteiger partial charge in [-0.15, -0.1) is 0 Å². The third-order valence-electron chi connectivity index (χ3n) is 11.8. The van der Waals surface area contributed by atoms with Crippen molar-refractivity contribution < 1.29 is 4.42 Å². The van der Waals surface area contributed by atoms with Crippen LogP contribution in [-0.4, -0.2) is 0 Å². The number of rotatable bonds is 7. The van der Waals surface area contributed by atoms with E-state index in [0.29, 0.717) is 0 Å². The third-order valence-corrected chi connectivity index (χ3v) is 11.8. The van der Waals surface area contributed by atoms with E-state index in [9.17, 15) is 0 Å². The van der Waals surface area contributed by atoms with E-state index in [1.165, 1.54) is 55.6 Å². The largest absolute Gasteiger partial charge is 0.455 e. The molecule has 0 fully saturated rings. The normalized spacial score (nSPS) is 14.4. The van der Waals surface area contributed by atoms with Crippen molar-refractivity contribution in [2.45, 2.75) is 5.41 Å². The highest BCUT2D eigenvalue weighted by Gasteiger charge is 2.47. The summed E-state index contributed by atoms with van der Waals surface area (Å²) < 4.78 is 6.73. The van der Waals surface area contributed by atoms with Crippen LogP contribution in [0, 0.1) is 0 Å². The molecule has 0 aliphatic heterocycles. The molecule has 0 saturated heterocycles. The molecule has 1 atom stereocenters. The minimum atomic E-state index is -0.557. The minimum absolute atomic E-state index is 0.557. The van der Waals surface area contributed by atoms with E-state index in [2.05, 4.69) is 223 Å². The van der Waals surface area contributed by atoms with Gasteiger partial charge in [-0.2, -0.15) is 0 Å². The maximum atomic E-state index is 6.73. The molecule has 0 saturated carbocycles. The molecule has 0 amide bonds. The van der Waals surface area contributed by atoms with Gasteiger partial charge in [0.2, 0.25) is 0 Å². The highest BCUT2D eigenvalue weighted by atomic mass is 16.3. The Morgan fingerprint density at radius 3 is 1.42 bits per heavy atom. The number of hydrogen-bond donors (Lipinski definition) is 0. The van der Waals surface area contributed by atoms with Gasteiger partial charge in [-0.1, -0.05) is 182 Å². The van der Waals surface area contributed by atoms with Crippen molar-refractivity contribution in [2.75, 3.05) is 4.90 Å². The predicted molar refractivity (Wildman–Crippen MR) is 237 cm³/mol. The van der Waals surface area contributed by atoms with Crippen molar-refractivity contribution in [3.05, 3.63) is 247 Å². The number of furan rings is 1. The molecule has 268 valence electrons. The van der Waals surface area contributed by atoms with E-state index in [-0.39, 0.29) is 0 Å². The zero-order chi connectivity index (χ0) is 37.8. The lowest BCUT2D eigenvalue weighted by atomic mass is 9.67. The van der Waals surface area contributed by atoms with Crippen molar-refractivity contribution in [3.8, 4) is 33.4 Å². The summed E-state index contributed by atoms with van der Waals surface area (Å²) in [6.45, 7) is 0. The van der Waals surface area contributed by atoms with Gasteiger partial charge in [0.05, 0.1) is 5.41 Å². The molecule has 0 N–H and O–H groups in total. The summed E-state index contributed by atoms with van der Waals surface area (Å²) in [7, 11) is 0. The second-order valence-corrected chi connectivity index (χ2v) is 14.8. The molecule has 1 unspecified atom stereocenters. The van der Waals surface area contributed by atoms with Crippen molar-refractivity contribution >= 4 is 39.0 Å². The van der Waals surface area contributed by atoms with Gasteiger partial charge in [0.15, 0.2) is 0 Å². The molecule has 0 bridgehead atoms. The van der Waals surface area contributed by atoms with E-state index in [0.717, 1.165) is 39.0 Å². The lowest BCUT2D eigenvalue weighted by Crippen LogP contribution is -2.28. The molecule has 0 radical (unpaired) electrons. The van der Waals surface area contributed by atoms with Crippen molar-refractivity contribution in [3.63, 3.8) is 0 Å². The Balaban J connectivity index is 1.08. The van der Waals surface area contributed by atoms with Crippen molar-refractivity contribution in [1.82, 2.24) is 0 Å². The SMILES string of the molecule is c1ccc(-c2ccc(N(c3ccc(-c4ccccc4)cc3)c3ccc(C4(c5ccccc5)c5ccccc5-c5c4ccc4c5oc5ccccc54)cc3)cc2)cc1. The number of fused-ring (bicyclic) bond motifs is 7. The van der Waals surface area contributed by atoms with Crippen LogP contribution in [0.5, 0.6) is 0 Å². The Morgan fingerprint density at radius 2 is 0.807 bits per heavy atom. The van der Waals surface area contributed by atoms with Gasteiger partial charge in [-0.25, -0.2) is 0 Å². The number of hydrogen-bond acceptors (Lipinski definition) is 2. The topological polar surface area (TPSA) is 16.4 Å². The molecule has 2 heteroatoms. The molecule has 57 heavy (non-hydrogen) atoms. The maximum absolute atomic E-state index is 6.73. The van der Waals surface area contributed by atoms with Crippen LogP contribution in [0.15, 0.2) is 229 Å². The van der Waals surface area contributed by atoms with Crippen LogP contribution in [0.1, 0.15) is 22.3 Å². The summed E-state index contributed by atoms with van der Waals surface area (Å²) in [5.41, 5.74) is 16.7. The predicted octanol–water partition coefficient (Wildman–Crippen LogP) is 14.8. The highest BCUT2D eigenvalue weighted by Crippen LogP contribution is 2.58. The monoisotopic (exact) mass is 727 g/mol. The Bertz CT molecular complexity index is 2940. The zero-order valence-corrected chi connectivity index (χ0v) is 31.2. The van der Waals surface area contributed by atoms with Crippen molar-refractivity contribution in [2.24, 2.45) is 0 Å². The molecule has 1 aliphatic rings. The van der Waals surface area contributed by atoms with Crippen LogP contribution in [0.25, 0.3) is 55.3 Å². The average Bonchev–Trinajstić information content (AvgIpc) is 3.82. The summed E-state index contributed by atoms with van der Waals surface area (Å²) in [6.07, 6.45) is 0. The quantitative estimate of drug-likeness (QED) is 0.163. The van der Waals surface area contributed by atoms with Gasteiger partial charge < -0.3 is 9.32 Å². The first-order valence-corrected chi connectivity index (χ1v) is 19.6. The molecule has 10 aromatic rings. The van der Waals surface area contributed by atoms with Crippen LogP contribution in [-0.2, 0) is 5.41 Å². The summed E-state index contributed by atoms with van der Waals surface area (Å²) in [4.78, 5) is 2.36. The molecule has 2 nitrogen and oxygen atoms in total. The molecule has 11 rings (SSSR count). The summed E-state index contributed by atoms with van der Waals surface area (Å²) in [5, 5.41) is 2.29. The smallest absolute Gasteiger partial charge is 0.143 e. The Hall–Kier alpha value is -7.42. The fraction of sp³-hybridized carbons (Fsp3) is 0.0182. The fourth-order valence-electron chi connectivity index (χ4n) is 9.19. The first-order chi connectivity index (χ1) is 28.3. The van der Waals surface area contributed by atoms with Crippen LogP contribution in [0.3, 0.4) is 0 Å². The number of nitrogens with zero attached hydrogens (tertiary/aromatic N) is 1. The molecule has 9 aromatic carbocycles. The van der Waals surface area contributed by atoms with E-state index in [1.54, 1.807) is 0 Å². The number of anilines is 3. The minimum Gasteiger partial charge on any atom is -0.455 e. The molecule has 1 aromatic heterocycles. The van der Waals surface area contributed by atoms with E-state index >= 15 is 0 Å². The molecule has 0 spiro atoms. The zero-order valence-electron chi connectivity index (χ0n) is 31.2. The van der Waals surface area contributed by atoms with Crippen LogP contribution in [0.4, 0.5) is 17.1 Å². The van der Waals surface area contributed by atoms with Crippen LogP contribution >= 0.6 is 0 Å². The summed E-state index contributed by atoms with van der Waals surface area (Å²) in [5.74, 6) is 0. The number of para-hydroxylation sites is 1. The Kier molecular flexibility index (Phi) is 7.75. The Labute approximate surface area is 332 Å². The van der Waals surface area contributed by atoms with E-state index < -0.39 is 5.41 Å². The van der Waals surface area contributed by atoms with E-state index in [1.807, 2.05) is 6.07 Å². The second-order valence-electron chi connectivity index (χ2n) is 14.8. The second kappa shape index (κ2) is 13.4. The third kappa shape index (κ3) is 5.26. The lowest BCUT2D eigenvalue weighted by molar-refractivity contribution is 0.669. The van der Waals surface area contributed by atoms with Gasteiger partial charge >= 0.3 is 0 Å². The molecular weight excluding hydrogens is 691 g/mol. The molecule has 1 heterocycles. The average molecular weight is 728 g/mol. The van der Waals surface area contributed by atoms with E-state index in [4.69, 9.17) is 4.42 Å². The van der Waals surface area contributed by atoms with Crippen molar-refractivity contribution in [1.29, 1.82) is 0 Å². The van der Waals surface area contributed by atoms with Gasteiger partial charge in [-0.3, -0.25) is 0 Å². The Morgan fingerprint density at radius 1 is 0.333 bits per heavy atom. The first kappa shape index (κ1) is 33.0. The highest BCUT2D eigenvalue weighted by molar-refractivity contribution is 6.12. The van der Waals surface area contributed by atoms with Gasteiger partial charge in [-0.05, 0) is 92.5 Å². The molecule has 1 aliphatic carbocycles. The van der Waals surface area contributed by atoms with Crippen LogP contribution < -0.4 is 4.90 Å². The first-order valence-electron chi connectivity index (χ1n) is 19.6. The summed E-state index contributed by atoms with van der Waals surface area (Å²) >= 11 is 0. The van der Waals surface area contributed by atoms with Gasteiger partial charge in [0.25, 0.3) is 0 Å². The lowest BCUT2D eigenvalue weighted by Gasteiger charge is -2.34. The van der Waals surface area contributed by atoms with Gasteiger partial charge in [0, 0.05) is 33.4 Å².